The number of nitrogens with zero attached hydrogens (tertiary/aromatic N) is 6. The maximum atomic E-state index is 12.3. The Bertz CT molecular complexity index is 551. The Morgan fingerprint density at radius 2 is 2.05 bits per heavy atom. The number of imidazole rings is 1. The van der Waals surface area contributed by atoms with E-state index in [2.05, 4.69) is 19.9 Å². The van der Waals surface area contributed by atoms with Crippen LogP contribution in [0.4, 0.5) is 25.1 Å². The van der Waals surface area contributed by atoms with Crippen LogP contribution in [0.5, 0.6) is 0 Å². The molecule has 0 aromatic carbocycles. The zero-order valence-corrected chi connectivity index (χ0v) is 9.83. The third-order valence-corrected chi connectivity index (χ3v) is 2.12. The number of nitrogens with two attached hydrogens (primary N) is 1. The minimum Gasteiger partial charge on any atom is -0.368 e. The quantitative estimate of drug-likeness (QED) is 0.883. The molecule has 0 amide bonds. The van der Waals surface area contributed by atoms with E-state index in [0.717, 1.165) is 4.90 Å². The molecule has 0 unspecified atom stereocenters. The van der Waals surface area contributed by atoms with Crippen LogP contribution in [0.2, 0.25) is 0 Å². The molecule has 2 heterocycles. The van der Waals surface area contributed by atoms with Crippen molar-refractivity contribution in [2.75, 3.05) is 24.2 Å². The maximum Gasteiger partial charge on any atom is 0.406 e. The second-order valence-corrected chi connectivity index (χ2v) is 3.73. The van der Waals surface area contributed by atoms with Gasteiger partial charge in [-0.1, -0.05) is 0 Å². The van der Waals surface area contributed by atoms with E-state index in [1.54, 1.807) is 6.20 Å². The first kappa shape index (κ1) is 13.1. The Balaban J connectivity index is 2.32. The molecule has 10 heteroatoms. The summed E-state index contributed by atoms with van der Waals surface area (Å²) in [5.74, 6) is -0.217. The van der Waals surface area contributed by atoms with Crippen molar-refractivity contribution in [2.45, 2.75) is 6.18 Å². The summed E-state index contributed by atoms with van der Waals surface area (Å²) in [6, 6.07) is 0. The molecule has 2 rings (SSSR count). The molecule has 0 aliphatic heterocycles. The Morgan fingerprint density at radius 3 is 2.63 bits per heavy atom. The number of aromatic nitrogens is 5. The van der Waals surface area contributed by atoms with E-state index >= 15 is 0 Å². The molecule has 2 aromatic heterocycles. The fourth-order valence-corrected chi connectivity index (χ4v) is 1.37. The van der Waals surface area contributed by atoms with Gasteiger partial charge in [0.2, 0.25) is 17.8 Å². The molecule has 0 atom stereocenters. The predicted molar refractivity (Wildman–Crippen MR) is 60.7 cm³/mol. The van der Waals surface area contributed by atoms with Crippen molar-refractivity contribution in [2.24, 2.45) is 0 Å². The van der Waals surface area contributed by atoms with Gasteiger partial charge in [-0.05, 0) is 0 Å². The van der Waals surface area contributed by atoms with Crippen molar-refractivity contribution < 1.29 is 13.2 Å². The Labute approximate surface area is 105 Å². The zero-order valence-electron chi connectivity index (χ0n) is 9.83. The summed E-state index contributed by atoms with van der Waals surface area (Å²) in [7, 11) is 1.22. The van der Waals surface area contributed by atoms with Gasteiger partial charge in [-0.3, -0.25) is 4.57 Å². The van der Waals surface area contributed by atoms with Crippen LogP contribution in [0.3, 0.4) is 0 Å². The van der Waals surface area contributed by atoms with Crippen LogP contribution in [0, 0.1) is 0 Å². The topological polar surface area (TPSA) is 85.8 Å². The summed E-state index contributed by atoms with van der Waals surface area (Å²) >= 11 is 0. The summed E-state index contributed by atoms with van der Waals surface area (Å²) in [5, 5.41) is 0. The van der Waals surface area contributed by atoms with Crippen LogP contribution < -0.4 is 10.6 Å². The van der Waals surface area contributed by atoms with Crippen LogP contribution >= 0.6 is 0 Å². The summed E-state index contributed by atoms with van der Waals surface area (Å²) in [6.45, 7) is -1.18. The highest BCUT2D eigenvalue weighted by atomic mass is 19.4. The van der Waals surface area contributed by atoms with Crippen molar-refractivity contribution in [3.8, 4) is 5.95 Å². The standard InChI is InChI=1S/C9H10F3N7/c1-18(4-9(10,11)12)7-15-6(13)16-8(17-7)19-3-2-14-5-19/h2-3,5H,4H2,1H3,(H2,13,15,16,17). The minimum atomic E-state index is -4.36. The van der Waals surface area contributed by atoms with Gasteiger partial charge in [0.15, 0.2) is 0 Å². The first-order valence-corrected chi connectivity index (χ1v) is 5.13. The lowest BCUT2D eigenvalue weighted by Gasteiger charge is -2.19. The van der Waals surface area contributed by atoms with E-state index in [1.807, 2.05) is 0 Å². The number of nitrogen functional groups attached to an aromatic ring is 1. The highest BCUT2D eigenvalue weighted by molar-refractivity contribution is 5.37. The van der Waals surface area contributed by atoms with Gasteiger partial charge in [-0.25, -0.2) is 4.98 Å². The van der Waals surface area contributed by atoms with Gasteiger partial charge in [0, 0.05) is 19.4 Å². The van der Waals surface area contributed by atoms with Crippen molar-refractivity contribution in [3.05, 3.63) is 18.7 Å². The average molecular weight is 273 g/mol. The number of halogens is 3. The van der Waals surface area contributed by atoms with E-state index in [4.69, 9.17) is 5.73 Å². The lowest BCUT2D eigenvalue weighted by Crippen LogP contribution is -2.32. The monoisotopic (exact) mass is 273 g/mol. The van der Waals surface area contributed by atoms with E-state index < -0.39 is 12.7 Å². The lowest BCUT2D eigenvalue weighted by molar-refractivity contribution is -0.119. The molecule has 0 fully saturated rings. The van der Waals surface area contributed by atoms with Crippen LogP contribution in [0.25, 0.3) is 5.95 Å². The molecule has 0 saturated heterocycles. The maximum absolute atomic E-state index is 12.3. The first-order chi connectivity index (χ1) is 8.85. The smallest absolute Gasteiger partial charge is 0.368 e. The van der Waals surface area contributed by atoms with Crippen molar-refractivity contribution >= 4 is 11.9 Å². The van der Waals surface area contributed by atoms with Crippen LogP contribution in [0.1, 0.15) is 0 Å². The first-order valence-electron chi connectivity index (χ1n) is 5.13. The molecule has 0 aliphatic carbocycles. The molecular formula is C9H10F3N7. The molecule has 19 heavy (non-hydrogen) atoms. The van der Waals surface area contributed by atoms with Crippen LogP contribution in [-0.4, -0.2) is 44.3 Å². The van der Waals surface area contributed by atoms with Gasteiger partial charge in [0.1, 0.15) is 12.9 Å². The van der Waals surface area contributed by atoms with Crippen LogP contribution in [-0.2, 0) is 0 Å². The van der Waals surface area contributed by atoms with Crippen LogP contribution in [0.15, 0.2) is 18.7 Å². The summed E-state index contributed by atoms with van der Waals surface area (Å²) in [4.78, 5) is 16.0. The predicted octanol–water partition coefficient (Wildman–Crippen LogP) is 0.638. The number of rotatable bonds is 3. The van der Waals surface area contributed by atoms with Gasteiger partial charge in [-0.15, -0.1) is 0 Å². The van der Waals surface area contributed by atoms with Gasteiger partial charge >= 0.3 is 6.18 Å². The van der Waals surface area contributed by atoms with E-state index in [1.165, 1.54) is 24.1 Å². The van der Waals surface area contributed by atoms with Crippen molar-refractivity contribution in [3.63, 3.8) is 0 Å². The molecule has 2 aromatic rings. The second kappa shape index (κ2) is 4.71. The third-order valence-electron chi connectivity index (χ3n) is 2.12. The SMILES string of the molecule is CN(CC(F)(F)F)c1nc(N)nc(-n2ccnc2)n1. The number of anilines is 2. The molecule has 2 N–H and O–H groups in total. The van der Waals surface area contributed by atoms with E-state index in [9.17, 15) is 13.2 Å². The van der Waals surface area contributed by atoms with Crippen molar-refractivity contribution in [1.82, 2.24) is 24.5 Å². The molecule has 102 valence electrons. The highest BCUT2D eigenvalue weighted by Crippen LogP contribution is 2.19. The molecule has 0 radical (unpaired) electrons. The molecule has 0 aliphatic rings. The zero-order chi connectivity index (χ0) is 14.0. The average Bonchev–Trinajstić information content (AvgIpc) is 2.79. The fourth-order valence-electron chi connectivity index (χ4n) is 1.37. The van der Waals surface area contributed by atoms with Crippen molar-refractivity contribution in [1.29, 1.82) is 0 Å². The van der Waals surface area contributed by atoms with E-state index in [-0.39, 0.29) is 17.8 Å². The Morgan fingerprint density at radius 1 is 1.32 bits per heavy atom. The number of hydrogen-bond donors (Lipinski definition) is 1. The van der Waals surface area contributed by atoms with Gasteiger partial charge < -0.3 is 10.6 Å². The molecule has 0 saturated carbocycles. The van der Waals surface area contributed by atoms with E-state index in [0.29, 0.717) is 0 Å². The normalized spacial score (nSPS) is 11.6. The Kier molecular flexibility index (Phi) is 3.23. The third kappa shape index (κ3) is 3.30. The summed E-state index contributed by atoms with van der Waals surface area (Å²) < 4.78 is 38.3. The molecule has 0 spiro atoms. The highest BCUT2D eigenvalue weighted by Gasteiger charge is 2.30. The summed E-state index contributed by atoms with van der Waals surface area (Å²) in [5.41, 5.74) is 5.46. The fraction of sp³-hybridized carbons (Fsp3) is 0.333. The summed E-state index contributed by atoms with van der Waals surface area (Å²) in [6.07, 6.45) is 0.0784. The molecule has 7 nitrogen and oxygen atoms in total. The molecular weight excluding hydrogens is 263 g/mol. The van der Waals surface area contributed by atoms with Gasteiger partial charge in [-0.2, -0.15) is 28.1 Å². The second-order valence-electron chi connectivity index (χ2n) is 3.73. The lowest BCUT2D eigenvalue weighted by atomic mass is 10.5. The largest absolute Gasteiger partial charge is 0.406 e. The number of hydrogen-bond acceptors (Lipinski definition) is 6. The number of alkyl halides is 3. The molecule has 0 bridgehead atoms. The van der Waals surface area contributed by atoms with Gasteiger partial charge in [0.25, 0.3) is 0 Å². The minimum absolute atomic E-state index is 0.106. The Hall–Kier alpha value is -2.39. The van der Waals surface area contributed by atoms with Gasteiger partial charge in [0.05, 0.1) is 0 Å².